The standard InChI is InChI=1S/C18H22O4S/c1-5-7-8-10-14(3)17-15(13-22-18(17)19)11-9-12-16(6-2)23(4,20)21/h5-10,12H,3,11,13H2,1-2,4H3/b7-5-,10-8-,12-9-,16-6+. The van der Waals surface area contributed by atoms with E-state index in [0.29, 0.717) is 17.6 Å². The number of carbonyl (C=O) groups is 1. The zero-order valence-electron chi connectivity index (χ0n) is 13.7. The van der Waals surface area contributed by atoms with E-state index in [4.69, 9.17) is 4.74 Å². The number of hydrogen-bond acceptors (Lipinski definition) is 4. The predicted molar refractivity (Wildman–Crippen MR) is 93.4 cm³/mol. The van der Waals surface area contributed by atoms with Crippen molar-refractivity contribution in [2.75, 3.05) is 12.9 Å². The molecule has 1 rings (SSSR count). The molecule has 1 aliphatic heterocycles. The summed E-state index contributed by atoms with van der Waals surface area (Å²) >= 11 is 0. The second-order valence-electron chi connectivity index (χ2n) is 5.03. The van der Waals surface area contributed by atoms with E-state index in [2.05, 4.69) is 6.58 Å². The number of cyclic esters (lactones) is 1. The molecule has 0 atom stereocenters. The molecule has 0 N–H and O–H groups in total. The number of ether oxygens (including phenoxy) is 1. The smallest absolute Gasteiger partial charge is 0.339 e. The summed E-state index contributed by atoms with van der Waals surface area (Å²) in [5.74, 6) is -0.391. The van der Waals surface area contributed by atoms with Gasteiger partial charge in [0.05, 0.1) is 10.5 Å². The van der Waals surface area contributed by atoms with Crippen LogP contribution in [0.1, 0.15) is 20.3 Å². The maximum atomic E-state index is 11.8. The molecule has 0 amide bonds. The molecule has 0 radical (unpaired) electrons. The first-order chi connectivity index (χ1) is 10.8. The molecule has 124 valence electrons. The van der Waals surface area contributed by atoms with Crippen LogP contribution in [0.3, 0.4) is 0 Å². The highest BCUT2D eigenvalue weighted by molar-refractivity contribution is 7.94. The summed E-state index contributed by atoms with van der Waals surface area (Å²) in [4.78, 5) is 12.1. The van der Waals surface area contributed by atoms with Gasteiger partial charge < -0.3 is 4.74 Å². The zero-order chi connectivity index (χ0) is 17.5. The minimum absolute atomic E-state index is 0.207. The van der Waals surface area contributed by atoms with Crippen molar-refractivity contribution in [2.45, 2.75) is 20.3 Å². The summed E-state index contributed by atoms with van der Waals surface area (Å²) in [7, 11) is -3.24. The number of esters is 1. The minimum Gasteiger partial charge on any atom is -0.458 e. The minimum atomic E-state index is -3.24. The molecule has 4 nitrogen and oxygen atoms in total. The Labute approximate surface area is 138 Å². The first-order valence-electron chi connectivity index (χ1n) is 7.22. The Hall–Kier alpha value is -2.14. The summed E-state index contributed by atoms with van der Waals surface area (Å²) < 4.78 is 28.1. The zero-order valence-corrected chi connectivity index (χ0v) is 14.5. The van der Waals surface area contributed by atoms with Gasteiger partial charge in [-0.2, -0.15) is 0 Å². The second kappa shape index (κ2) is 8.48. The highest BCUT2D eigenvalue weighted by atomic mass is 32.2. The number of rotatable bonds is 7. The van der Waals surface area contributed by atoms with E-state index in [1.54, 1.807) is 31.2 Å². The van der Waals surface area contributed by atoms with E-state index in [1.165, 1.54) is 6.08 Å². The SMILES string of the molecule is C=C(/C=C\C=C/C)C1=C(C/C=C\C(=C/C)S(C)(=O)=O)COC1=O. The lowest BCUT2D eigenvalue weighted by atomic mass is 10.0. The van der Waals surface area contributed by atoms with Crippen molar-refractivity contribution in [3.8, 4) is 0 Å². The van der Waals surface area contributed by atoms with Gasteiger partial charge in [0, 0.05) is 6.26 Å². The van der Waals surface area contributed by atoms with Gasteiger partial charge in [-0.1, -0.05) is 43.0 Å². The number of carbonyl (C=O) groups excluding carboxylic acids is 1. The van der Waals surface area contributed by atoms with Gasteiger partial charge in [-0.25, -0.2) is 13.2 Å². The molecule has 0 aliphatic carbocycles. The molecule has 1 aliphatic rings. The monoisotopic (exact) mass is 334 g/mol. The van der Waals surface area contributed by atoms with Gasteiger partial charge in [-0.05, 0) is 37.5 Å². The summed E-state index contributed by atoms with van der Waals surface area (Å²) in [6.07, 6.45) is 13.7. The van der Waals surface area contributed by atoms with E-state index in [1.807, 2.05) is 19.1 Å². The average molecular weight is 334 g/mol. The third kappa shape index (κ3) is 5.53. The molecule has 0 unspecified atom stereocenters. The Morgan fingerprint density at radius 1 is 1.26 bits per heavy atom. The third-order valence-electron chi connectivity index (χ3n) is 3.22. The van der Waals surface area contributed by atoms with E-state index in [0.717, 1.165) is 11.8 Å². The Bertz CT molecular complexity index is 729. The summed E-state index contributed by atoms with van der Waals surface area (Å²) in [5.41, 5.74) is 1.85. The molecule has 0 bridgehead atoms. The van der Waals surface area contributed by atoms with Crippen LogP contribution >= 0.6 is 0 Å². The quantitative estimate of drug-likeness (QED) is 0.529. The molecule has 0 fully saturated rings. The predicted octanol–water partition coefficient (Wildman–Crippen LogP) is 3.42. The number of hydrogen-bond donors (Lipinski definition) is 0. The van der Waals surface area contributed by atoms with Crippen molar-refractivity contribution in [3.63, 3.8) is 0 Å². The van der Waals surface area contributed by atoms with Crippen LogP contribution < -0.4 is 0 Å². The van der Waals surface area contributed by atoms with Gasteiger partial charge in [0.1, 0.15) is 6.61 Å². The van der Waals surface area contributed by atoms with Crippen LogP contribution in [-0.4, -0.2) is 27.2 Å². The van der Waals surface area contributed by atoms with Crippen LogP contribution in [0.15, 0.2) is 70.7 Å². The van der Waals surface area contributed by atoms with Crippen molar-refractivity contribution in [3.05, 3.63) is 70.7 Å². The van der Waals surface area contributed by atoms with E-state index in [9.17, 15) is 13.2 Å². The topological polar surface area (TPSA) is 60.4 Å². The Morgan fingerprint density at radius 2 is 1.96 bits per heavy atom. The van der Waals surface area contributed by atoms with Crippen molar-refractivity contribution < 1.29 is 17.9 Å². The van der Waals surface area contributed by atoms with Crippen LogP contribution in [0.4, 0.5) is 0 Å². The van der Waals surface area contributed by atoms with Crippen LogP contribution in [0.5, 0.6) is 0 Å². The lowest BCUT2D eigenvalue weighted by Gasteiger charge is -2.01. The average Bonchev–Trinajstić information content (AvgIpc) is 2.83. The van der Waals surface area contributed by atoms with E-state index in [-0.39, 0.29) is 11.5 Å². The van der Waals surface area contributed by atoms with Gasteiger partial charge in [0.2, 0.25) is 0 Å². The first kappa shape index (κ1) is 18.9. The normalized spacial score (nSPS) is 17.0. The van der Waals surface area contributed by atoms with Crippen molar-refractivity contribution >= 4 is 15.8 Å². The van der Waals surface area contributed by atoms with Gasteiger partial charge >= 0.3 is 5.97 Å². The Morgan fingerprint density at radius 3 is 2.52 bits per heavy atom. The first-order valence-corrected chi connectivity index (χ1v) is 9.11. The molecule has 5 heteroatoms. The highest BCUT2D eigenvalue weighted by Gasteiger charge is 2.25. The maximum absolute atomic E-state index is 11.8. The van der Waals surface area contributed by atoms with E-state index >= 15 is 0 Å². The summed E-state index contributed by atoms with van der Waals surface area (Å²) in [6, 6.07) is 0. The Balaban J connectivity index is 2.96. The molecular formula is C18H22O4S. The van der Waals surface area contributed by atoms with Crippen molar-refractivity contribution in [1.29, 1.82) is 0 Å². The van der Waals surface area contributed by atoms with E-state index < -0.39 is 15.8 Å². The van der Waals surface area contributed by atoms with Crippen LogP contribution in [0.25, 0.3) is 0 Å². The van der Waals surface area contributed by atoms with Crippen LogP contribution in [-0.2, 0) is 19.4 Å². The van der Waals surface area contributed by atoms with Crippen LogP contribution in [0.2, 0.25) is 0 Å². The number of sulfone groups is 1. The maximum Gasteiger partial charge on any atom is 0.339 e. The molecule has 23 heavy (non-hydrogen) atoms. The van der Waals surface area contributed by atoms with Gasteiger partial charge in [-0.15, -0.1) is 0 Å². The van der Waals surface area contributed by atoms with Gasteiger partial charge in [0.15, 0.2) is 9.84 Å². The van der Waals surface area contributed by atoms with Gasteiger partial charge in [0.25, 0.3) is 0 Å². The van der Waals surface area contributed by atoms with Crippen LogP contribution in [0, 0.1) is 0 Å². The third-order valence-corrected chi connectivity index (χ3v) is 4.44. The fourth-order valence-electron chi connectivity index (χ4n) is 2.08. The molecule has 0 saturated heterocycles. The van der Waals surface area contributed by atoms with Gasteiger partial charge in [-0.3, -0.25) is 0 Å². The van der Waals surface area contributed by atoms with Crippen molar-refractivity contribution in [2.24, 2.45) is 0 Å². The molecular weight excluding hydrogens is 312 g/mol. The fraction of sp³-hybridized carbons (Fsp3) is 0.278. The number of allylic oxidation sites excluding steroid dienone is 7. The lowest BCUT2D eigenvalue weighted by Crippen LogP contribution is -2.00. The van der Waals surface area contributed by atoms with Crippen molar-refractivity contribution in [1.82, 2.24) is 0 Å². The molecule has 0 spiro atoms. The molecule has 0 aromatic heterocycles. The molecule has 0 saturated carbocycles. The second-order valence-corrected chi connectivity index (χ2v) is 7.05. The highest BCUT2D eigenvalue weighted by Crippen LogP contribution is 2.26. The molecule has 1 heterocycles. The largest absolute Gasteiger partial charge is 0.458 e. The molecule has 0 aromatic carbocycles. The fourth-order valence-corrected chi connectivity index (χ4v) is 2.85. The summed E-state index contributed by atoms with van der Waals surface area (Å²) in [5, 5.41) is 0. The lowest BCUT2D eigenvalue weighted by molar-refractivity contribution is -0.135. The Kier molecular flexibility index (Phi) is 6.97. The summed E-state index contributed by atoms with van der Waals surface area (Å²) in [6.45, 7) is 7.67. The molecule has 0 aromatic rings.